The Morgan fingerprint density at radius 3 is 1.97 bits per heavy atom. The van der Waals surface area contributed by atoms with Crippen molar-refractivity contribution in [2.45, 2.75) is 43.7 Å². The van der Waals surface area contributed by atoms with Gasteiger partial charge in [0.25, 0.3) is 0 Å². The number of rotatable bonds is 7. The fourth-order valence-electron chi connectivity index (χ4n) is 5.61. The van der Waals surface area contributed by atoms with Gasteiger partial charge in [-0.25, -0.2) is 15.0 Å². The molecule has 186 valence electrons. The van der Waals surface area contributed by atoms with Gasteiger partial charge in [0.2, 0.25) is 0 Å². The van der Waals surface area contributed by atoms with E-state index in [0.717, 1.165) is 12.8 Å². The Hall–Kier alpha value is -4.07. The molecule has 37 heavy (non-hydrogen) atoms. The van der Waals surface area contributed by atoms with Crippen LogP contribution in [0.25, 0.3) is 11.2 Å². The first-order valence-corrected chi connectivity index (χ1v) is 12.7. The first kappa shape index (κ1) is 23.3. The topological polar surface area (TPSA) is 90.9 Å². The summed E-state index contributed by atoms with van der Waals surface area (Å²) in [6.45, 7) is 2.17. The first-order chi connectivity index (χ1) is 18.2. The van der Waals surface area contributed by atoms with Crippen molar-refractivity contribution in [3.8, 4) is 0 Å². The molecule has 0 bridgehead atoms. The molecule has 0 spiro atoms. The summed E-state index contributed by atoms with van der Waals surface area (Å²) in [7, 11) is 0. The summed E-state index contributed by atoms with van der Waals surface area (Å²) in [5.74, 6) is 0.375. The van der Waals surface area contributed by atoms with Crippen LogP contribution in [0.4, 0.5) is 5.82 Å². The van der Waals surface area contributed by atoms with E-state index in [0.29, 0.717) is 17.0 Å². The van der Waals surface area contributed by atoms with E-state index in [1.807, 2.05) is 4.57 Å². The average Bonchev–Trinajstić information content (AvgIpc) is 3.58. The Morgan fingerprint density at radius 2 is 1.43 bits per heavy atom. The summed E-state index contributed by atoms with van der Waals surface area (Å²) in [5, 5.41) is 4.11. The third-order valence-electron chi connectivity index (χ3n) is 7.36. The minimum absolute atomic E-state index is 0.00264. The predicted molar refractivity (Wildman–Crippen MR) is 145 cm³/mol. The zero-order valence-electron chi connectivity index (χ0n) is 20.7. The number of ether oxygens (including phenoxy) is 1. The van der Waals surface area contributed by atoms with E-state index in [1.165, 1.54) is 23.0 Å². The lowest BCUT2D eigenvalue weighted by atomic mass is 9.76. The van der Waals surface area contributed by atoms with Gasteiger partial charge in [-0.15, -0.1) is 0 Å². The van der Waals surface area contributed by atoms with Crippen molar-refractivity contribution in [3.05, 3.63) is 120 Å². The molecule has 5 aromatic rings. The zero-order chi connectivity index (χ0) is 25.2. The number of anilines is 1. The number of nitrogens with zero attached hydrogens (tertiary/aromatic N) is 4. The number of nitrogens with one attached hydrogen (secondary N) is 1. The van der Waals surface area contributed by atoms with Crippen LogP contribution in [0.5, 0.6) is 0 Å². The number of aromatic nitrogens is 4. The first-order valence-electron chi connectivity index (χ1n) is 12.7. The van der Waals surface area contributed by atoms with Gasteiger partial charge in [0, 0.05) is 12.5 Å². The second-order valence-electron chi connectivity index (χ2n) is 9.46. The molecule has 3 N–H and O–H groups in total. The summed E-state index contributed by atoms with van der Waals surface area (Å²) >= 11 is 0. The number of nitrogen functional groups attached to an aromatic ring is 1. The lowest BCUT2D eigenvalue weighted by molar-refractivity contribution is -0.00213. The van der Waals surface area contributed by atoms with Crippen molar-refractivity contribution in [2.75, 3.05) is 5.73 Å². The Kier molecular flexibility index (Phi) is 6.16. The molecule has 0 unspecified atom stereocenters. The Balaban J connectivity index is 1.45. The highest BCUT2D eigenvalue weighted by Crippen LogP contribution is 2.41. The maximum absolute atomic E-state index is 6.63. The number of nitrogens with two attached hydrogens (primary N) is 1. The van der Waals surface area contributed by atoms with Gasteiger partial charge >= 0.3 is 0 Å². The van der Waals surface area contributed by atoms with Crippen molar-refractivity contribution < 1.29 is 4.74 Å². The molecule has 0 saturated carbocycles. The molecule has 0 aliphatic carbocycles. The van der Waals surface area contributed by atoms with Crippen LogP contribution in [0.2, 0.25) is 0 Å². The zero-order valence-corrected chi connectivity index (χ0v) is 20.7. The molecule has 1 fully saturated rings. The lowest BCUT2D eigenvalue weighted by Gasteiger charge is -2.40. The van der Waals surface area contributed by atoms with E-state index in [2.05, 4.69) is 118 Å². The van der Waals surface area contributed by atoms with Crippen LogP contribution in [0, 0.1) is 0 Å². The summed E-state index contributed by atoms with van der Waals surface area (Å²) in [6.07, 6.45) is 4.63. The van der Waals surface area contributed by atoms with Crippen LogP contribution in [0.1, 0.15) is 42.7 Å². The third-order valence-corrected chi connectivity index (χ3v) is 7.36. The number of hydrogen-bond donors (Lipinski definition) is 2. The van der Waals surface area contributed by atoms with E-state index in [9.17, 15) is 0 Å². The van der Waals surface area contributed by atoms with Crippen LogP contribution in [-0.4, -0.2) is 31.7 Å². The van der Waals surface area contributed by atoms with Crippen molar-refractivity contribution in [3.63, 3.8) is 0 Å². The van der Waals surface area contributed by atoms with Crippen molar-refractivity contribution in [1.29, 1.82) is 0 Å². The number of benzene rings is 3. The second-order valence-corrected chi connectivity index (χ2v) is 9.46. The van der Waals surface area contributed by atoms with Gasteiger partial charge in [-0.2, -0.15) is 0 Å². The summed E-state index contributed by atoms with van der Waals surface area (Å²) in [4.78, 5) is 13.0. The normalized spacial score (nSPS) is 19.9. The molecule has 0 radical (unpaired) electrons. The van der Waals surface area contributed by atoms with Gasteiger partial charge in [-0.3, -0.25) is 9.88 Å². The van der Waals surface area contributed by atoms with Crippen LogP contribution in [-0.2, 0) is 10.3 Å². The molecule has 0 amide bonds. The number of hydrogen-bond acceptors (Lipinski definition) is 6. The maximum Gasteiger partial charge on any atom is 0.167 e. The molecular formula is C30H30N6O. The van der Waals surface area contributed by atoms with Gasteiger partial charge in [0.1, 0.15) is 18.1 Å². The van der Waals surface area contributed by atoms with E-state index < -0.39 is 5.54 Å². The highest BCUT2D eigenvalue weighted by molar-refractivity contribution is 5.81. The largest absolute Gasteiger partial charge is 0.382 e. The Morgan fingerprint density at radius 1 is 0.865 bits per heavy atom. The molecule has 1 saturated heterocycles. The van der Waals surface area contributed by atoms with E-state index in [4.69, 9.17) is 10.5 Å². The van der Waals surface area contributed by atoms with Crippen LogP contribution < -0.4 is 11.1 Å². The fourth-order valence-corrected chi connectivity index (χ4v) is 5.61. The van der Waals surface area contributed by atoms with Crippen molar-refractivity contribution >= 4 is 17.0 Å². The molecule has 1 aliphatic heterocycles. The average molecular weight is 491 g/mol. The van der Waals surface area contributed by atoms with E-state index >= 15 is 0 Å². The standard InChI is InChI=1S/C30H30N6O/c1-2-25-24(18-26(37-25)36-20-34-27-28(31)32-19-33-29(27)36)35-30(21-12-6-3-7-13-21,22-14-8-4-9-15-22)23-16-10-5-11-17-23/h3-17,19-20,24-26,35H,2,18H2,1H3,(H2,31,32,33)/t24-,25-,26-/m1/s1. The Labute approximate surface area is 216 Å². The molecule has 7 nitrogen and oxygen atoms in total. The number of fused-ring (bicyclic) bond motifs is 1. The van der Waals surface area contributed by atoms with Crippen LogP contribution >= 0.6 is 0 Å². The van der Waals surface area contributed by atoms with Gasteiger partial charge in [0.15, 0.2) is 11.5 Å². The molecule has 3 atom stereocenters. The minimum atomic E-state index is -0.566. The quantitative estimate of drug-likeness (QED) is 0.310. The summed E-state index contributed by atoms with van der Waals surface area (Å²) < 4.78 is 8.61. The third kappa shape index (κ3) is 4.06. The molecular weight excluding hydrogens is 460 g/mol. The predicted octanol–water partition coefficient (Wildman–Crippen LogP) is 5.06. The molecule has 3 aromatic carbocycles. The highest BCUT2D eigenvalue weighted by atomic mass is 16.5. The Bertz CT molecular complexity index is 1380. The van der Waals surface area contributed by atoms with Crippen LogP contribution in [0.15, 0.2) is 104 Å². The SMILES string of the molecule is CC[C@H]1O[C@@H](n2cnc3c(N)ncnc32)C[C@H]1NC(c1ccccc1)(c1ccccc1)c1ccccc1. The van der Waals surface area contributed by atoms with Gasteiger partial charge in [-0.05, 0) is 23.1 Å². The number of imidazole rings is 1. The maximum atomic E-state index is 6.63. The van der Waals surface area contributed by atoms with Crippen molar-refractivity contribution in [1.82, 2.24) is 24.8 Å². The van der Waals surface area contributed by atoms with Gasteiger partial charge < -0.3 is 10.5 Å². The van der Waals surface area contributed by atoms with Gasteiger partial charge in [-0.1, -0.05) is 97.9 Å². The van der Waals surface area contributed by atoms with Crippen molar-refractivity contribution in [2.24, 2.45) is 0 Å². The fraction of sp³-hybridized carbons (Fsp3) is 0.233. The minimum Gasteiger partial charge on any atom is -0.382 e. The smallest absolute Gasteiger partial charge is 0.167 e. The summed E-state index contributed by atoms with van der Waals surface area (Å²) in [6, 6.07) is 32.0. The van der Waals surface area contributed by atoms with Gasteiger partial charge in [0.05, 0.1) is 18.0 Å². The van der Waals surface area contributed by atoms with E-state index in [-0.39, 0.29) is 18.4 Å². The van der Waals surface area contributed by atoms with E-state index in [1.54, 1.807) is 6.33 Å². The monoisotopic (exact) mass is 490 g/mol. The molecule has 3 heterocycles. The second kappa shape index (κ2) is 9.76. The lowest BCUT2D eigenvalue weighted by Crippen LogP contribution is -2.52. The van der Waals surface area contributed by atoms with Crippen LogP contribution in [0.3, 0.4) is 0 Å². The molecule has 2 aromatic heterocycles. The molecule has 6 rings (SSSR count). The highest BCUT2D eigenvalue weighted by Gasteiger charge is 2.44. The molecule has 7 heteroatoms. The summed E-state index contributed by atoms with van der Waals surface area (Å²) in [5.41, 5.74) is 10.3. The molecule has 1 aliphatic rings.